The molecule has 0 aromatic carbocycles. The number of aromatic nitrogens is 1. The summed E-state index contributed by atoms with van der Waals surface area (Å²) < 4.78 is 7.34. The van der Waals surface area contributed by atoms with Gasteiger partial charge in [-0.25, -0.2) is 10.3 Å². The molecule has 23 heavy (non-hydrogen) atoms. The second kappa shape index (κ2) is 7.04. The summed E-state index contributed by atoms with van der Waals surface area (Å²) in [6.07, 6.45) is 3.17. The van der Waals surface area contributed by atoms with E-state index in [4.69, 9.17) is 4.74 Å². The molecule has 7 nitrogen and oxygen atoms in total. The highest BCUT2D eigenvalue weighted by Crippen LogP contribution is 2.25. The van der Waals surface area contributed by atoms with Gasteiger partial charge in [-0.3, -0.25) is 9.63 Å². The van der Waals surface area contributed by atoms with E-state index >= 15 is 0 Å². The van der Waals surface area contributed by atoms with Gasteiger partial charge in [0.05, 0.1) is 7.11 Å². The van der Waals surface area contributed by atoms with Crippen LogP contribution in [0.25, 0.3) is 0 Å². The molecule has 0 radical (unpaired) electrons. The Labute approximate surface area is 136 Å². The number of rotatable bonds is 3. The molecule has 1 aromatic heterocycles. The molecule has 0 saturated carbocycles. The van der Waals surface area contributed by atoms with Gasteiger partial charge in [0, 0.05) is 25.3 Å². The lowest BCUT2D eigenvalue weighted by molar-refractivity contribution is 0.0186. The lowest BCUT2D eigenvalue weighted by Gasteiger charge is -2.34. The summed E-state index contributed by atoms with van der Waals surface area (Å²) in [6.45, 7) is 6.81. The van der Waals surface area contributed by atoms with Gasteiger partial charge in [0.25, 0.3) is 5.91 Å². The van der Waals surface area contributed by atoms with E-state index in [1.807, 2.05) is 37.6 Å². The first-order valence-corrected chi connectivity index (χ1v) is 7.80. The molecule has 1 N–H and O–H groups in total. The Morgan fingerprint density at radius 3 is 2.48 bits per heavy atom. The smallest absolute Gasteiger partial charge is 0.410 e. The molecule has 1 aliphatic rings. The van der Waals surface area contributed by atoms with Gasteiger partial charge in [0.2, 0.25) is 0 Å². The van der Waals surface area contributed by atoms with Crippen molar-refractivity contribution in [1.82, 2.24) is 14.9 Å². The first kappa shape index (κ1) is 17.3. The molecule has 128 valence electrons. The van der Waals surface area contributed by atoms with Crippen LogP contribution in [0.5, 0.6) is 0 Å². The molecular formula is C16H25N3O4. The highest BCUT2D eigenvalue weighted by molar-refractivity contribution is 5.92. The van der Waals surface area contributed by atoms with Crippen LogP contribution >= 0.6 is 0 Å². The predicted octanol–water partition coefficient (Wildman–Crippen LogP) is 2.35. The van der Waals surface area contributed by atoms with Crippen LogP contribution in [0.3, 0.4) is 0 Å². The zero-order valence-electron chi connectivity index (χ0n) is 14.2. The van der Waals surface area contributed by atoms with Gasteiger partial charge >= 0.3 is 6.09 Å². The third-order valence-electron chi connectivity index (χ3n) is 3.72. The average Bonchev–Trinajstić information content (AvgIpc) is 2.95. The van der Waals surface area contributed by atoms with Crippen molar-refractivity contribution in [3.63, 3.8) is 0 Å². The van der Waals surface area contributed by atoms with E-state index in [2.05, 4.69) is 10.3 Å². The summed E-state index contributed by atoms with van der Waals surface area (Å²) in [7, 11) is 1.41. The fourth-order valence-electron chi connectivity index (χ4n) is 2.70. The minimum absolute atomic E-state index is 0.182. The summed E-state index contributed by atoms with van der Waals surface area (Å²) >= 11 is 0. The maximum Gasteiger partial charge on any atom is 0.410 e. The number of likely N-dealkylation sites (tertiary alicyclic amines) is 1. The number of hydroxylamine groups is 1. The van der Waals surface area contributed by atoms with Crippen LogP contribution < -0.4 is 5.48 Å². The fourth-order valence-corrected chi connectivity index (χ4v) is 2.70. The molecule has 1 aliphatic heterocycles. The van der Waals surface area contributed by atoms with E-state index in [0.29, 0.717) is 18.8 Å². The van der Waals surface area contributed by atoms with E-state index < -0.39 is 5.60 Å². The van der Waals surface area contributed by atoms with Gasteiger partial charge in [0.1, 0.15) is 11.3 Å². The molecule has 7 heteroatoms. The third-order valence-corrected chi connectivity index (χ3v) is 3.72. The number of carbonyl (C=O) groups excluding carboxylic acids is 2. The molecule has 2 heterocycles. The number of hydrogen-bond acceptors (Lipinski definition) is 4. The average molecular weight is 323 g/mol. The molecule has 1 aromatic rings. The number of ether oxygens (including phenoxy) is 1. The molecule has 0 bridgehead atoms. The zero-order chi connectivity index (χ0) is 17.0. The Morgan fingerprint density at radius 2 is 1.91 bits per heavy atom. The van der Waals surface area contributed by atoms with Gasteiger partial charge in [0.15, 0.2) is 0 Å². The Balaban J connectivity index is 1.96. The normalized spacial score (nSPS) is 16.3. The third kappa shape index (κ3) is 4.48. The molecule has 0 spiro atoms. The van der Waals surface area contributed by atoms with E-state index in [1.165, 1.54) is 7.11 Å². The molecule has 2 rings (SSSR count). The molecule has 0 unspecified atom stereocenters. The van der Waals surface area contributed by atoms with E-state index in [9.17, 15) is 9.59 Å². The predicted molar refractivity (Wildman–Crippen MR) is 85.0 cm³/mol. The Morgan fingerprint density at radius 1 is 1.26 bits per heavy atom. The van der Waals surface area contributed by atoms with Gasteiger partial charge < -0.3 is 14.2 Å². The highest BCUT2D eigenvalue weighted by atomic mass is 16.6. The van der Waals surface area contributed by atoms with Gasteiger partial charge in [-0.1, -0.05) is 0 Å². The van der Waals surface area contributed by atoms with Crippen molar-refractivity contribution < 1.29 is 19.2 Å². The minimum Gasteiger partial charge on any atom is -0.444 e. The SMILES string of the molecule is CONC(=O)c1cccn1C1CCN(C(=O)OC(C)(C)C)CC1. The van der Waals surface area contributed by atoms with Crippen molar-refractivity contribution in [2.45, 2.75) is 45.3 Å². The highest BCUT2D eigenvalue weighted by Gasteiger charge is 2.28. The van der Waals surface area contributed by atoms with Crippen LogP contribution in [0.4, 0.5) is 4.79 Å². The van der Waals surface area contributed by atoms with Gasteiger partial charge in [-0.15, -0.1) is 0 Å². The van der Waals surface area contributed by atoms with E-state index in [1.54, 1.807) is 11.0 Å². The van der Waals surface area contributed by atoms with Crippen LogP contribution in [0.15, 0.2) is 18.3 Å². The fraction of sp³-hybridized carbons (Fsp3) is 0.625. The number of piperidine rings is 1. The van der Waals surface area contributed by atoms with Crippen LogP contribution in [-0.2, 0) is 9.57 Å². The molecule has 0 aliphatic carbocycles. The van der Waals surface area contributed by atoms with Crippen molar-refractivity contribution in [3.8, 4) is 0 Å². The first-order valence-electron chi connectivity index (χ1n) is 7.80. The van der Waals surface area contributed by atoms with Crippen molar-refractivity contribution in [3.05, 3.63) is 24.0 Å². The van der Waals surface area contributed by atoms with Crippen LogP contribution in [0.2, 0.25) is 0 Å². The van der Waals surface area contributed by atoms with Crippen molar-refractivity contribution in [2.24, 2.45) is 0 Å². The Kier molecular flexibility index (Phi) is 5.30. The minimum atomic E-state index is -0.486. The number of carbonyl (C=O) groups is 2. The van der Waals surface area contributed by atoms with Crippen molar-refractivity contribution >= 4 is 12.0 Å². The van der Waals surface area contributed by atoms with Crippen molar-refractivity contribution in [2.75, 3.05) is 20.2 Å². The lowest BCUT2D eigenvalue weighted by Crippen LogP contribution is -2.42. The zero-order valence-corrected chi connectivity index (χ0v) is 14.2. The van der Waals surface area contributed by atoms with Crippen LogP contribution in [-0.4, -0.2) is 47.3 Å². The largest absolute Gasteiger partial charge is 0.444 e. The summed E-state index contributed by atoms with van der Waals surface area (Å²) in [5.74, 6) is -0.271. The molecule has 2 amide bonds. The maximum atomic E-state index is 12.1. The van der Waals surface area contributed by atoms with E-state index in [-0.39, 0.29) is 18.0 Å². The number of amides is 2. The number of nitrogens with one attached hydrogen (secondary N) is 1. The number of hydrogen-bond donors (Lipinski definition) is 1. The monoisotopic (exact) mass is 323 g/mol. The van der Waals surface area contributed by atoms with E-state index in [0.717, 1.165) is 12.8 Å². The van der Waals surface area contributed by atoms with Crippen LogP contribution in [0.1, 0.15) is 50.1 Å². The topological polar surface area (TPSA) is 72.8 Å². The molecular weight excluding hydrogens is 298 g/mol. The second-order valence-electron chi connectivity index (χ2n) is 6.63. The maximum absolute atomic E-state index is 12.1. The summed E-state index contributed by atoms with van der Waals surface area (Å²) in [4.78, 5) is 30.4. The Hall–Kier alpha value is -2.02. The molecule has 0 atom stereocenters. The lowest BCUT2D eigenvalue weighted by atomic mass is 10.0. The van der Waals surface area contributed by atoms with Crippen LogP contribution in [0, 0.1) is 0 Å². The quantitative estimate of drug-likeness (QED) is 0.867. The van der Waals surface area contributed by atoms with Gasteiger partial charge in [-0.2, -0.15) is 0 Å². The standard InChI is InChI=1S/C16H25N3O4/c1-16(2,3)23-15(21)18-10-7-12(8-11-18)19-9-5-6-13(19)14(20)17-22-4/h5-6,9,12H,7-8,10-11H2,1-4H3,(H,17,20). The summed E-state index contributed by atoms with van der Waals surface area (Å²) in [5, 5.41) is 0. The Bertz CT molecular complexity index is 554. The summed E-state index contributed by atoms with van der Waals surface area (Å²) in [6, 6.07) is 3.78. The molecule has 1 saturated heterocycles. The van der Waals surface area contributed by atoms with Gasteiger partial charge in [-0.05, 0) is 45.7 Å². The van der Waals surface area contributed by atoms with Crippen molar-refractivity contribution in [1.29, 1.82) is 0 Å². The summed E-state index contributed by atoms with van der Waals surface area (Å²) in [5.41, 5.74) is 2.41. The molecule has 1 fully saturated rings. The second-order valence-corrected chi connectivity index (χ2v) is 6.63. The first-order chi connectivity index (χ1) is 10.8. The number of nitrogens with zero attached hydrogens (tertiary/aromatic N) is 2.